The molecule has 4 aromatic rings. The van der Waals surface area contributed by atoms with Gasteiger partial charge in [-0.15, -0.1) is 10.2 Å². The van der Waals surface area contributed by atoms with Gasteiger partial charge in [0.25, 0.3) is 0 Å². The number of amides is 1. The predicted octanol–water partition coefficient (Wildman–Crippen LogP) is 5.39. The zero-order valence-electron chi connectivity index (χ0n) is 20.0. The molecule has 7 nitrogen and oxygen atoms in total. The number of Topliss-reactive ketones (excluding diaryl/α,β-unsaturated/α-hetero) is 1. The van der Waals surface area contributed by atoms with E-state index in [0.717, 1.165) is 24.1 Å². The second-order valence-electron chi connectivity index (χ2n) is 7.99. The van der Waals surface area contributed by atoms with Gasteiger partial charge in [0.1, 0.15) is 0 Å². The van der Waals surface area contributed by atoms with Crippen molar-refractivity contribution in [2.24, 2.45) is 0 Å². The Kier molecular flexibility index (Phi) is 7.72. The summed E-state index contributed by atoms with van der Waals surface area (Å²) in [4.78, 5) is 28.4. The quantitative estimate of drug-likeness (QED) is 0.253. The van der Waals surface area contributed by atoms with E-state index in [1.165, 1.54) is 29.8 Å². The number of anilines is 1. The molecule has 1 N–H and O–H groups in total. The Balaban J connectivity index is 1.64. The van der Waals surface area contributed by atoms with Gasteiger partial charge >= 0.3 is 0 Å². The SMILES string of the molecule is CCc1cccc(CC)c1-n1c(SCC(=O)Nc2ccc(C(C)=O)cc2)nnc1-c1cccnc1. The lowest BCUT2D eigenvalue weighted by Gasteiger charge is -2.18. The molecular formula is C27H27N5O2S. The number of aromatic nitrogens is 4. The third-order valence-electron chi connectivity index (χ3n) is 5.65. The molecule has 2 heterocycles. The van der Waals surface area contributed by atoms with Crippen LogP contribution >= 0.6 is 11.8 Å². The summed E-state index contributed by atoms with van der Waals surface area (Å²) < 4.78 is 2.05. The third-order valence-corrected chi connectivity index (χ3v) is 6.58. The van der Waals surface area contributed by atoms with Gasteiger partial charge in [-0.3, -0.25) is 19.1 Å². The molecule has 0 fully saturated rings. The summed E-state index contributed by atoms with van der Waals surface area (Å²) in [5, 5.41) is 12.5. The number of carbonyl (C=O) groups is 2. The molecule has 2 aromatic heterocycles. The molecule has 0 atom stereocenters. The van der Waals surface area contributed by atoms with Gasteiger partial charge < -0.3 is 5.32 Å². The van der Waals surface area contributed by atoms with E-state index in [0.29, 0.717) is 22.2 Å². The average Bonchev–Trinajstić information content (AvgIpc) is 3.31. The van der Waals surface area contributed by atoms with Gasteiger partial charge in [0.15, 0.2) is 16.8 Å². The molecule has 0 radical (unpaired) electrons. The lowest BCUT2D eigenvalue weighted by Crippen LogP contribution is -2.15. The van der Waals surface area contributed by atoms with Crippen molar-refractivity contribution in [2.45, 2.75) is 38.8 Å². The molecule has 0 aliphatic carbocycles. The van der Waals surface area contributed by atoms with Crippen molar-refractivity contribution >= 4 is 29.1 Å². The van der Waals surface area contributed by atoms with Gasteiger partial charge in [-0.25, -0.2) is 0 Å². The molecule has 0 bridgehead atoms. The van der Waals surface area contributed by atoms with Crippen molar-refractivity contribution in [3.63, 3.8) is 0 Å². The zero-order chi connectivity index (χ0) is 24.8. The summed E-state index contributed by atoms with van der Waals surface area (Å²) in [5.74, 6) is 0.676. The second-order valence-corrected chi connectivity index (χ2v) is 8.93. The smallest absolute Gasteiger partial charge is 0.234 e. The Morgan fingerprint density at radius 2 is 1.66 bits per heavy atom. The van der Waals surface area contributed by atoms with Crippen LogP contribution < -0.4 is 5.32 Å². The van der Waals surface area contributed by atoms with Crippen LogP contribution in [0.4, 0.5) is 5.69 Å². The number of thioether (sulfide) groups is 1. The number of aryl methyl sites for hydroxylation is 2. The summed E-state index contributed by atoms with van der Waals surface area (Å²) >= 11 is 1.33. The highest BCUT2D eigenvalue weighted by molar-refractivity contribution is 7.99. The van der Waals surface area contributed by atoms with Gasteiger partial charge in [0.2, 0.25) is 5.91 Å². The van der Waals surface area contributed by atoms with Crippen molar-refractivity contribution in [2.75, 3.05) is 11.1 Å². The lowest BCUT2D eigenvalue weighted by molar-refractivity contribution is -0.113. The molecule has 0 saturated heterocycles. The fourth-order valence-electron chi connectivity index (χ4n) is 3.86. The van der Waals surface area contributed by atoms with E-state index < -0.39 is 0 Å². The topological polar surface area (TPSA) is 89.8 Å². The van der Waals surface area contributed by atoms with Crippen LogP contribution in [-0.4, -0.2) is 37.2 Å². The van der Waals surface area contributed by atoms with Gasteiger partial charge in [-0.2, -0.15) is 0 Å². The van der Waals surface area contributed by atoms with Crippen LogP contribution in [0.2, 0.25) is 0 Å². The fraction of sp³-hybridized carbons (Fsp3) is 0.222. The number of hydrogen-bond acceptors (Lipinski definition) is 6. The number of para-hydroxylation sites is 1. The molecule has 4 rings (SSSR count). The van der Waals surface area contributed by atoms with E-state index in [9.17, 15) is 9.59 Å². The number of rotatable bonds is 9. The minimum Gasteiger partial charge on any atom is -0.325 e. The van der Waals surface area contributed by atoms with Gasteiger partial charge in [0, 0.05) is 29.2 Å². The molecule has 35 heavy (non-hydrogen) atoms. The van der Waals surface area contributed by atoms with E-state index in [-0.39, 0.29) is 17.4 Å². The summed E-state index contributed by atoms with van der Waals surface area (Å²) in [6, 6.07) is 17.0. The van der Waals surface area contributed by atoms with Crippen LogP contribution in [0.1, 0.15) is 42.3 Å². The van der Waals surface area contributed by atoms with Gasteiger partial charge in [-0.05, 0) is 67.3 Å². The first-order valence-corrected chi connectivity index (χ1v) is 12.5. The van der Waals surface area contributed by atoms with Crippen molar-refractivity contribution in [1.29, 1.82) is 0 Å². The van der Waals surface area contributed by atoms with Gasteiger partial charge in [0.05, 0.1) is 11.4 Å². The maximum absolute atomic E-state index is 12.7. The molecule has 178 valence electrons. The highest BCUT2D eigenvalue weighted by Gasteiger charge is 2.21. The van der Waals surface area contributed by atoms with Crippen molar-refractivity contribution in [3.05, 3.63) is 83.7 Å². The summed E-state index contributed by atoms with van der Waals surface area (Å²) in [7, 11) is 0. The first kappa shape index (κ1) is 24.3. The predicted molar refractivity (Wildman–Crippen MR) is 139 cm³/mol. The molecule has 8 heteroatoms. The Morgan fingerprint density at radius 3 is 2.26 bits per heavy atom. The number of pyridine rings is 1. The number of nitrogens with zero attached hydrogens (tertiary/aromatic N) is 4. The Bertz CT molecular complexity index is 1310. The van der Waals surface area contributed by atoms with Crippen LogP contribution in [0.15, 0.2) is 72.1 Å². The van der Waals surface area contributed by atoms with Crippen LogP contribution in [0.25, 0.3) is 17.1 Å². The standard InChI is InChI=1S/C27H27N5O2S/c1-4-19-8-6-9-20(5-2)25(19)32-26(22-10-7-15-28-16-22)30-31-27(32)35-17-24(34)29-23-13-11-21(12-14-23)18(3)33/h6-16H,4-5,17H2,1-3H3,(H,29,34). The summed E-state index contributed by atoms with van der Waals surface area (Å²) in [6.07, 6.45) is 5.21. The Labute approximate surface area is 209 Å². The van der Waals surface area contributed by atoms with Crippen LogP contribution in [0, 0.1) is 0 Å². The highest BCUT2D eigenvalue weighted by Crippen LogP contribution is 2.32. The first-order valence-electron chi connectivity index (χ1n) is 11.5. The van der Waals surface area contributed by atoms with E-state index in [2.05, 4.69) is 52.5 Å². The zero-order valence-corrected chi connectivity index (χ0v) is 20.8. The maximum Gasteiger partial charge on any atom is 0.234 e. The summed E-state index contributed by atoms with van der Waals surface area (Å²) in [6.45, 7) is 5.77. The number of hydrogen-bond donors (Lipinski definition) is 1. The molecule has 1 amide bonds. The molecular weight excluding hydrogens is 458 g/mol. The normalized spacial score (nSPS) is 10.8. The molecule has 0 aliphatic heterocycles. The Hall–Kier alpha value is -3.78. The molecule has 2 aromatic carbocycles. The number of nitrogens with one attached hydrogen (secondary N) is 1. The van der Waals surface area contributed by atoms with Crippen molar-refractivity contribution in [3.8, 4) is 17.1 Å². The summed E-state index contributed by atoms with van der Waals surface area (Å²) in [5.41, 5.74) is 5.54. The third kappa shape index (κ3) is 5.49. The minimum atomic E-state index is -0.164. The highest BCUT2D eigenvalue weighted by atomic mass is 32.2. The first-order chi connectivity index (χ1) is 17.0. The van der Waals surface area contributed by atoms with E-state index in [4.69, 9.17) is 0 Å². The number of benzene rings is 2. The lowest BCUT2D eigenvalue weighted by atomic mass is 10.0. The van der Waals surface area contributed by atoms with Gasteiger partial charge in [-0.1, -0.05) is 43.8 Å². The van der Waals surface area contributed by atoms with Crippen molar-refractivity contribution in [1.82, 2.24) is 19.7 Å². The monoisotopic (exact) mass is 485 g/mol. The fourth-order valence-corrected chi connectivity index (χ4v) is 4.60. The Morgan fingerprint density at radius 1 is 0.943 bits per heavy atom. The second kappa shape index (κ2) is 11.1. The number of carbonyl (C=O) groups excluding carboxylic acids is 2. The largest absolute Gasteiger partial charge is 0.325 e. The van der Waals surface area contributed by atoms with E-state index in [1.54, 1.807) is 36.7 Å². The van der Waals surface area contributed by atoms with Crippen LogP contribution in [0.5, 0.6) is 0 Å². The average molecular weight is 486 g/mol. The molecule has 0 spiro atoms. The van der Waals surface area contributed by atoms with E-state index >= 15 is 0 Å². The molecule has 0 aliphatic rings. The molecule has 0 saturated carbocycles. The minimum absolute atomic E-state index is 0.0130. The van der Waals surface area contributed by atoms with Crippen LogP contribution in [-0.2, 0) is 17.6 Å². The molecule has 0 unspecified atom stereocenters. The number of ketones is 1. The van der Waals surface area contributed by atoms with Crippen molar-refractivity contribution < 1.29 is 9.59 Å². The van der Waals surface area contributed by atoms with E-state index in [1.807, 2.05) is 16.7 Å². The van der Waals surface area contributed by atoms with Crippen LogP contribution in [0.3, 0.4) is 0 Å². The maximum atomic E-state index is 12.7.